The van der Waals surface area contributed by atoms with Gasteiger partial charge in [0.1, 0.15) is 5.82 Å². The van der Waals surface area contributed by atoms with E-state index in [4.69, 9.17) is 0 Å². The molecule has 0 saturated heterocycles. The van der Waals surface area contributed by atoms with Gasteiger partial charge in [0.15, 0.2) is 0 Å². The molecule has 1 aromatic carbocycles. The van der Waals surface area contributed by atoms with Gasteiger partial charge in [-0.15, -0.1) is 0 Å². The summed E-state index contributed by atoms with van der Waals surface area (Å²) in [4.78, 5) is 2.16. The lowest BCUT2D eigenvalue weighted by Crippen LogP contribution is -2.34. The minimum atomic E-state index is -0.667. The molecule has 108 valence electrons. The molecule has 0 spiro atoms. The smallest absolute Gasteiger partial charge is 0.126 e. The third-order valence-corrected chi connectivity index (χ3v) is 4.23. The zero-order valence-corrected chi connectivity index (χ0v) is 13.2. The van der Waals surface area contributed by atoms with E-state index in [1.165, 1.54) is 6.07 Å². The summed E-state index contributed by atoms with van der Waals surface area (Å²) in [5.41, 5.74) is 2.20. The Labute approximate surface area is 120 Å². The van der Waals surface area contributed by atoms with Gasteiger partial charge in [0, 0.05) is 30.1 Å². The van der Waals surface area contributed by atoms with Gasteiger partial charge in [-0.2, -0.15) is 11.8 Å². The molecule has 0 fully saturated rings. The molecular formula is C15H24FNOS. The van der Waals surface area contributed by atoms with E-state index in [2.05, 4.69) is 18.1 Å². The fourth-order valence-corrected chi connectivity index (χ4v) is 3.06. The van der Waals surface area contributed by atoms with E-state index in [0.717, 1.165) is 17.9 Å². The van der Waals surface area contributed by atoms with Crippen LogP contribution in [0, 0.1) is 12.7 Å². The van der Waals surface area contributed by atoms with Gasteiger partial charge < -0.3 is 10.0 Å². The first-order valence-corrected chi connectivity index (χ1v) is 8.01. The Kier molecular flexibility index (Phi) is 6.14. The average Bonchev–Trinajstić information content (AvgIpc) is 2.37. The second kappa shape index (κ2) is 7.15. The zero-order chi connectivity index (χ0) is 14.6. The summed E-state index contributed by atoms with van der Waals surface area (Å²) >= 11 is 1.80. The van der Waals surface area contributed by atoms with E-state index in [-0.39, 0.29) is 5.82 Å². The Morgan fingerprint density at radius 3 is 2.53 bits per heavy atom. The minimum Gasteiger partial charge on any atom is -0.389 e. The predicted octanol–water partition coefficient (Wildman–Crippen LogP) is 3.77. The van der Waals surface area contributed by atoms with Gasteiger partial charge in [0.05, 0.1) is 6.10 Å². The van der Waals surface area contributed by atoms with Gasteiger partial charge in [-0.25, -0.2) is 4.39 Å². The normalized spacial score (nSPS) is 14.3. The highest BCUT2D eigenvalue weighted by atomic mass is 32.2. The van der Waals surface area contributed by atoms with E-state index in [0.29, 0.717) is 17.2 Å². The third-order valence-electron chi connectivity index (χ3n) is 3.52. The van der Waals surface area contributed by atoms with Crippen molar-refractivity contribution < 1.29 is 9.50 Å². The van der Waals surface area contributed by atoms with Crippen LogP contribution in [0.25, 0.3) is 0 Å². The summed E-state index contributed by atoms with van der Waals surface area (Å²) in [6.45, 7) is 5.58. The monoisotopic (exact) mass is 285 g/mol. The fourth-order valence-electron chi connectivity index (χ4n) is 2.21. The molecular weight excluding hydrogens is 261 g/mol. The Bertz CT molecular complexity index is 423. The van der Waals surface area contributed by atoms with E-state index in [1.54, 1.807) is 25.6 Å². The fraction of sp³-hybridized carbons (Fsp3) is 0.600. The van der Waals surface area contributed by atoms with E-state index in [1.807, 2.05) is 13.1 Å². The molecule has 0 heterocycles. The van der Waals surface area contributed by atoms with Crippen LogP contribution < -0.4 is 4.90 Å². The van der Waals surface area contributed by atoms with Crippen molar-refractivity contribution >= 4 is 17.4 Å². The largest absolute Gasteiger partial charge is 0.389 e. The zero-order valence-electron chi connectivity index (χ0n) is 12.4. The Morgan fingerprint density at radius 2 is 2.05 bits per heavy atom. The summed E-state index contributed by atoms with van der Waals surface area (Å²) in [7, 11) is 2.02. The Balaban J connectivity index is 3.19. The molecule has 1 N–H and O–H groups in total. The van der Waals surface area contributed by atoms with Crippen LogP contribution in [-0.4, -0.2) is 30.2 Å². The molecule has 0 radical (unpaired) electrons. The first-order valence-electron chi connectivity index (χ1n) is 6.62. The number of aliphatic hydroxyl groups excluding tert-OH is 1. The molecule has 1 rings (SSSR count). The van der Waals surface area contributed by atoms with Crippen LogP contribution in [0.15, 0.2) is 12.1 Å². The van der Waals surface area contributed by atoms with Crippen LogP contribution in [0.5, 0.6) is 0 Å². The number of hydrogen-bond donors (Lipinski definition) is 1. The highest BCUT2D eigenvalue weighted by Crippen LogP contribution is 2.30. The Morgan fingerprint density at radius 1 is 1.42 bits per heavy atom. The first kappa shape index (κ1) is 16.3. The number of aliphatic hydroxyl groups is 1. The minimum absolute atomic E-state index is 0.258. The van der Waals surface area contributed by atoms with E-state index in [9.17, 15) is 9.50 Å². The highest BCUT2D eigenvalue weighted by molar-refractivity contribution is 7.98. The SMILES string of the molecule is CCC(CSC)N(C)c1cc(C)c(F)cc1C(C)O. The van der Waals surface area contributed by atoms with Crippen molar-refractivity contribution in [2.45, 2.75) is 39.3 Å². The molecule has 0 aliphatic heterocycles. The van der Waals surface area contributed by atoms with Crippen LogP contribution >= 0.6 is 11.8 Å². The molecule has 0 aliphatic carbocycles. The standard InChI is InChI=1S/C15H24FNOS/c1-6-12(9-19-5)17(4)15-7-10(2)14(16)8-13(15)11(3)18/h7-8,11-12,18H,6,9H2,1-5H3. The second-order valence-corrected chi connectivity index (χ2v) is 5.88. The number of halogens is 1. The summed E-state index contributed by atoms with van der Waals surface area (Å²) < 4.78 is 13.7. The van der Waals surface area contributed by atoms with Crippen LogP contribution in [-0.2, 0) is 0 Å². The van der Waals surface area contributed by atoms with Crippen LogP contribution in [0.3, 0.4) is 0 Å². The number of anilines is 1. The molecule has 1 aromatic rings. The summed E-state index contributed by atoms with van der Waals surface area (Å²) in [6.07, 6.45) is 2.44. The van der Waals surface area contributed by atoms with Crippen molar-refractivity contribution in [2.75, 3.05) is 24.0 Å². The van der Waals surface area contributed by atoms with Crippen molar-refractivity contribution in [1.82, 2.24) is 0 Å². The molecule has 0 aliphatic rings. The van der Waals surface area contributed by atoms with Crippen molar-refractivity contribution in [1.29, 1.82) is 0 Å². The Hall–Kier alpha value is -0.740. The number of nitrogens with zero attached hydrogens (tertiary/aromatic N) is 1. The molecule has 2 unspecified atom stereocenters. The molecule has 0 amide bonds. The number of hydrogen-bond acceptors (Lipinski definition) is 3. The number of thioether (sulfide) groups is 1. The second-order valence-electron chi connectivity index (χ2n) is 4.96. The highest BCUT2D eigenvalue weighted by Gasteiger charge is 2.19. The number of benzene rings is 1. The third kappa shape index (κ3) is 3.86. The molecule has 0 aromatic heterocycles. The number of aryl methyl sites for hydroxylation is 1. The van der Waals surface area contributed by atoms with Crippen LogP contribution in [0.2, 0.25) is 0 Å². The average molecular weight is 285 g/mol. The molecule has 4 heteroatoms. The maximum Gasteiger partial charge on any atom is 0.126 e. The summed E-state index contributed by atoms with van der Waals surface area (Å²) in [5.74, 6) is 0.758. The quantitative estimate of drug-likeness (QED) is 0.860. The van der Waals surface area contributed by atoms with Crippen LogP contribution in [0.1, 0.15) is 37.5 Å². The molecule has 2 nitrogen and oxygen atoms in total. The van der Waals surface area contributed by atoms with Crippen molar-refractivity contribution in [3.8, 4) is 0 Å². The summed E-state index contributed by atoms with van der Waals surface area (Å²) in [6, 6.07) is 3.68. The van der Waals surface area contributed by atoms with Gasteiger partial charge in [-0.3, -0.25) is 0 Å². The van der Waals surface area contributed by atoms with Crippen LogP contribution in [0.4, 0.5) is 10.1 Å². The van der Waals surface area contributed by atoms with Gasteiger partial charge in [0.2, 0.25) is 0 Å². The molecule has 0 bridgehead atoms. The molecule has 0 saturated carbocycles. The van der Waals surface area contributed by atoms with Crippen molar-refractivity contribution in [3.63, 3.8) is 0 Å². The molecule has 2 atom stereocenters. The van der Waals surface area contributed by atoms with E-state index < -0.39 is 6.10 Å². The lowest BCUT2D eigenvalue weighted by Gasteiger charge is -2.31. The van der Waals surface area contributed by atoms with Crippen molar-refractivity contribution in [2.24, 2.45) is 0 Å². The van der Waals surface area contributed by atoms with Gasteiger partial charge in [0.25, 0.3) is 0 Å². The first-order chi connectivity index (χ1) is 8.92. The molecule has 19 heavy (non-hydrogen) atoms. The predicted molar refractivity (Wildman–Crippen MR) is 82.6 cm³/mol. The lowest BCUT2D eigenvalue weighted by atomic mass is 10.0. The van der Waals surface area contributed by atoms with E-state index >= 15 is 0 Å². The number of rotatable bonds is 6. The summed E-state index contributed by atoms with van der Waals surface area (Å²) in [5, 5.41) is 9.85. The topological polar surface area (TPSA) is 23.5 Å². The maximum absolute atomic E-state index is 13.7. The maximum atomic E-state index is 13.7. The van der Waals surface area contributed by atoms with Gasteiger partial charge in [-0.1, -0.05) is 6.92 Å². The van der Waals surface area contributed by atoms with Crippen molar-refractivity contribution in [3.05, 3.63) is 29.1 Å². The van der Waals surface area contributed by atoms with Gasteiger partial charge in [-0.05, 0) is 44.2 Å². The lowest BCUT2D eigenvalue weighted by molar-refractivity contribution is 0.199. The van der Waals surface area contributed by atoms with Gasteiger partial charge >= 0.3 is 0 Å².